The van der Waals surface area contributed by atoms with Gasteiger partial charge in [-0.1, -0.05) is 13.8 Å². The number of hydrogen-bond donors (Lipinski definition) is 3. The van der Waals surface area contributed by atoms with E-state index in [1.807, 2.05) is 13.8 Å². The minimum absolute atomic E-state index is 0.00839. The second kappa shape index (κ2) is 7.26. The molecule has 1 aliphatic heterocycles. The van der Waals surface area contributed by atoms with Crippen molar-refractivity contribution < 1.29 is 24.6 Å². The van der Waals surface area contributed by atoms with Gasteiger partial charge in [0.15, 0.2) is 0 Å². The molecule has 0 unspecified atom stereocenters. The first-order valence-electron chi connectivity index (χ1n) is 6.91. The first-order valence-corrected chi connectivity index (χ1v) is 6.91. The molecule has 1 heterocycles. The van der Waals surface area contributed by atoms with Crippen molar-refractivity contribution in [3.63, 3.8) is 0 Å². The standard InChI is InChI=1S/C13H23N3O5/c1-8(2)5-14-11(18)7-15(3)13(21)16-6-9(17)4-10(16)12(19)20/h8-10,17H,4-7H2,1-3H3,(H,14,18)(H,19,20)/t9-,10-/m1/s1. The molecule has 0 saturated carbocycles. The number of carboxylic acid groups (broad SMARTS) is 1. The smallest absolute Gasteiger partial charge is 0.326 e. The third-order valence-corrected chi connectivity index (χ3v) is 3.22. The maximum atomic E-state index is 12.2. The number of carbonyl (C=O) groups is 3. The molecule has 8 nitrogen and oxygen atoms in total. The SMILES string of the molecule is CC(C)CNC(=O)CN(C)C(=O)N1C[C@H](O)C[C@@H]1C(=O)O. The van der Waals surface area contributed by atoms with Crippen molar-refractivity contribution in [3.8, 4) is 0 Å². The molecular formula is C13H23N3O5. The van der Waals surface area contributed by atoms with Gasteiger partial charge in [0.2, 0.25) is 5.91 Å². The molecule has 1 rings (SSSR count). The molecule has 0 spiro atoms. The number of nitrogens with one attached hydrogen (secondary N) is 1. The van der Waals surface area contributed by atoms with Gasteiger partial charge in [0.1, 0.15) is 12.6 Å². The lowest BCUT2D eigenvalue weighted by Crippen LogP contribution is -2.49. The molecule has 2 atom stereocenters. The lowest BCUT2D eigenvalue weighted by atomic mass is 10.2. The van der Waals surface area contributed by atoms with Crippen molar-refractivity contribution in [2.24, 2.45) is 5.92 Å². The van der Waals surface area contributed by atoms with Crippen molar-refractivity contribution in [1.29, 1.82) is 0 Å². The summed E-state index contributed by atoms with van der Waals surface area (Å²) in [5.41, 5.74) is 0. The molecule has 0 aromatic heterocycles. The number of urea groups is 1. The fourth-order valence-electron chi connectivity index (χ4n) is 2.14. The first kappa shape index (κ1) is 17.2. The van der Waals surface area contributed by atoms with Crippen molar-refractivity contribution in [3.05, 3.63) is 0 Å². The molecule has 1 saturated heterocycles. The molecule has 1 fully saturated rings. The fourth-order valence-corrected chi connectivity index (χ4v) is 2.14. The number of rotatable bonds is 5. The number of nitrogens with zero attached hydrogens (tertiary/aromatic N) is 2. The van der Waals surface area contributed by atoms with E-state index < -0.39 is 24.1 Å². The molecular weight excluding hydrogens is 278 g/mol. The summed E-state index contributed by atoms with van der Waals surface area (Å²) in [7, 11) is 1.43. The summed E-state index contributed by atoms with van der Waals surface area (Å²) in [6, 6.07) is -1.62. The Labute approximate surface area is 123 Å². The van der Waals surface area contributed by atoms with Gasteiger partial charge in [-0.05, 0) is 5.92 Å². The Kier molecular flexibility index (Phi) is 5.95. The zero-order valence-electron chi connectivity index (χ0n) is 12.6. The summed E-state index contributed by atoms with van der Waals surface area (Å²) in [5, 5.41) is 21.3. The van der Waals surface area contributed by atoms with Crippen LogP contribution in [0.3, 0.4) is 0 Å². The van der Waals surface area contributed by atoms with Crippen LogP contribution in [0.25, 0.3) is 0 Å². The van der Waals surface area contributed by atoms with Gasteiger partial charge in [-0.2, -0.15) is 0 Å². The molecule has 0 aromatic rings. The van der Waals surface area contributed by atoms with E-state index in [0.717, 1.165) is 9.80 Å². The quantitative estimate of drug-likeness (QED) is 0.624. The van der Waals surface area contributed by atoms with Crippen molar-refractivity contribution >= 4 is 17.9 Å². The van der Waals surface area contributed by atoms with Crippen LogP contribution in [0, 0.1) is 5.92 Å². The Hall–Kier alpha value is -1.83. The Bertz CT molecular complexity index is 413. The van der Waals surface area contributed by atoms with Gasteiger partial charge in [0.05, 0.1) is 6.10 Å². The van der Waals surface area contributed by atoms with Crippen LogP contribution < -0.4 is 5.32 Å². The maximum absolute atomic E-state index is 12.2. The molecule has 21 heavy (non-hydrogen) atoms. The van der Waals surface area contributed by atoms with Crippen molar-refractivity contribution in [2.45, 2.75) is 32.4 Å². The molecule has 0 bridgehead atoms. The predicted molar refractivity (Wildman–Crippen MR) is 74.6 cm³/mol. The molecule has 1 aliphatic rings. The Balaban J connectivity index is 2.57. The number of aliphatic hydroxyl groups is 1. The van der Waals surface area contributed by atoms with E-state index in [9.17, 15) is 19.5 Å². The highest BCUT2D eigenvalue weighted by molar-refractivity contribution is 5.87. The normalized spacial score (nSPS) is 21.5. The van der Waals surface area contributed by atoms with E-state index >= 15 is 0 Å². The van der Waals surface area contributed by atoms with Gasteiger partial charge in [-0.3, -0.25) is 4.79 Å². The Morgan fingerprint density at radius 2 is 2.00 bits per heavy atom. The molecule has 0 radical (unpaired) electrons. The van der Waals surface area contributed by atoms with E-state index in [0.29, 0.717) is 12.5 Å². The second-order valence-electron chi connectivity index (χ2n) is 5.73. The number of carboxylic acids is 1. The molecule has 3 N–H and O–H groups in total. The zero-order valence-corrected chi connectivity index (χ0v) is 12.6. The maximum Gasteiger partial charge on any atom is 0.326 e. The van der Waals surface area contributed by atoms with Gasteiger partial charge in [-0.15, -0.1) is 0 Å². The molecule has 3 amide bonds. The zero-order chi connectivity index (χ0) is 16.2. The lowest BCUT2D eigenvalue weighted by molar-refractivity contribution is -0.141. The number of aliphatic carboxylic acids is 1. The number of carbonyl (C=O) groups excluding carboxylic acids is 2. The molecule has 8 heteroatoms. The summed E-state index contributed by atoms with van der Waals surface area (Å²) in [5.74, 6) is -1.15. The third-order valence-electron chi connectivity index (χ3n) is 3.22. The summed E-state index contributed by atoms with van der Waals surface area (Å²) in [6.07, 6.45) is -0.840. The minimum Gasteiger partial charge on any atom is -0.480 e. The highest BCUT2D eigenvalue weighted by atomic mass is 16.4. The van der Waals surface area contributed by atoms with Gasteiger partial charge >= 0.3 is 12.0 Å². The second-order valence-corrected chi connectivity index (χ2v) is 5.73. The molecule has 0 aromatic carbocycles. The van der Waals surface area contributed by atoms with E-state index in [1.165, 1.54) is 7.05 Å². The van der Waals surface area contributed by atoms with Crippen LogP contribution in [0.4, 0.5) is 4.79 Å². The highest BCUT2D eigenvalue weighted by Gasteiger charge is 2.40. The highest BCUT2D eigenvalue weighted by Crippen LogP contribution is 2.19. The van der Waals surface area contributed by atoms with Crippen molar-refractivity contribution in [2.75, 3.05) is 26.7 Å². The molecule has 0 aliphatic carbocycles. The van der Waals surface area contributed by atoms with Crippen LogP contribution in [-0.4, -0.2) is 76.7 Å². The van der Waals surface area contributed by atoms with E-state index in [-0.39, 0.29) is 25.4 Å². The number of hydrogen-bond acceptors (Lipinski definition) is 4. The average molecular weight is 301 g/mol. The Morgan fingerprint density at radius 1 is 1.38 bits per heavy atom. The van der Waals surface area contributed by atoms with E-state index in [1.54, 1.807) is 0 Å². The van der Waals surface area contributed by atoms with Crippen LogP contribution in [0.5, 0.6) is 0 Å². The largest absolute Gasteiger partial charge is 0.480 e. The predicted octanol–water partition coefficient (Wildman–Crippen LogP) is -0.670. The van der Waals surface area contributed by atoms with Gasteiger partial charge in [-0.25, -0.2) is 9.59 Å². The number of β-amino-alcohol motifs (C(OH)–C–C–N with tert-alkyl or cyclic N) is 1. The third kappa shape index (κ3) is 4.89. The summed E-state index contributed by atoms with van der Waals surface area (Å²) < 4.78 is 0. The van der Waals surface area contributed by atoms with Crippen LogP contribution in [0.1, 0.15) is 20.3 Å². The van der Waals surface area contributed by atoms with Gasteiger partial charge < -0.3 is 25.3 Å². The number of amides is 3. The fraction of sp³-hybridized carbons (Fsp3) is 0.769. The molecule has 120 valence electrons. The number of aliphatic hydroxyl groups excluding tert-OH is 1. The topological polar surface area (TPSA) is 110 Å². The first-order chi connectivity index (χ1) is 9.72. The summed E-state index contributed by atoms with van der Waals surface area (Å²) in [6.45, 7) is 4.25. The average Bonchev–Trinajstić information content (AvgIpc) is 2.77. The monoisotopic (exact) mass is 301 g/mol. The number of likely N-dealkylation sites (tertiary alicyclic amines) is 1. The minimum atomic E-state index is -1.16. The van der Waals surface area contributed by atoms with Crippen LogP contribution in [0.2, 0.25) is 0 Å². The summed E-state index contributed by atoms with van der Waals surface area (Å²) in [4.78, 5) is 37.2. The number of likely N-dealkylation sites (N-methyl/N-ethyl adjacent to an activating group) is 1. The van der Waals surface area contributed by atoms with E-state index in [2.05, 4.69) is 5.32 Å². The van der Waals surface area contributed by atoms with Crippen molar-refractivity contribution in [1.82, 2.24) is 15.1 Å². The van der Waals surface area contributed by atoms with Crippen LogP contribution in [-0.2, 0) is 9.59 Å². The van der Waals surface area contributed by atoms with Gasteiger partial charge in [0.25, 0.3) is 0 Å². The summed E-state index contributed by atoms with van der Waals surface area (Å²) >= 11 is 0. The Morgan fingerprint density at radius 3 is 2.52 bits per heavy atom. The van der Waals surface area contributed by atoms with Crippen LogP contribution in [0.15, 0.2) is 0 Å². The van der Waals surface area contributed by atoms with Gasteiger partial charge in [0, 0.05) is 26.6 Å². The van der Waals surface area contributed by atoms with Crippen LogP contribution >= 0.6 is 0 Å². The lowest BCUT2D eigenvalue weighted by Gasteiger charge is -2.27. The van der Waals surface area contributed by atoms with E-state index in [4.69, 9.17) is 5.11 Å².